The number of pyridine rings is 2. The second-order valence-electron chi connectivity index (χ2n) is 11.4. The maximum absolute atomic E-state index is 13.7. The van der Waals surface area contributed by atoms with Crippen molar-refractivity contribution in [3.63, 3.8) is 0 Å². The molecule has 2 aromatic heterocycles. The fourth-order valence-electron chi connectivity index (χ4n) is 5.97. The van der Waals surface area contributed by atoms with Crippen LogP contribution < -0.4 is 15.8 Å². The Morgan fingerprint density at radius 2 is 1.95 bits per heavy atom. The number of nitrogens with one attached hydrogen (secondary N) is 2. The van der Waals surface area contributed by atoms with Crippen LogP contribution in [0, 0.1) is 19.8 Å². The minimum atomic E-state index is -0.151. The van der Waals surface area contributed by atoms with Gasteiger partial charge in [-0.1, -0.05) is 19.9 Å². The Kier molecular flexibility index (Phi) is 8.17. The summed E-state index contributed by atoms with van der Waals surface area (Å²) in [5, 5.41) is 3.06. The van der Waals surface area contributed by atoms with E-state index in [-0.39, 0.29) is 18.0 Å². The van der Waals surface area contributed by atoms with Gasteiger partial charge in [-0.05, 0) is 92.8 Å². The maximum atomic E-state index is 13.7. The van der Waals surface area contributed by atoms with Gasteiger partial charge < -0.3 is 19.9 Å². The Balaban J connectivity index is 1.51. The third-order valence-corrected chi connectivity index (χ3v) is 7.93. The number of amides is 1. The van der Waals surface area contributed by atoms with Crippen LogP contribution in [0.25, 0.3) is 11.1 Å². The molecular weight excluding hydrogens is 488 g/mol. The topological polar surface area (TPSA) is 87.3 Å². The fourth-order valence-corrected chi connectivity index (χ4v) is 5.97. The fraction of sp³-hybridized carbons (Fsp3) is 0.469. The van der Waals surface area contributed by atoms with Crippen molar-refractivity contribution in [3.05, 3.63) is 80.5 Å². The molecule has 7 nitrogen and oxygen atoms in total. The average Bonchev–Trinajstić information content (AvgIpc) is 2.92. The molecule has 1 saturated heterocycles. The van der Waals surface area contributed by atoms with Crippen molar-refractivity contribution in [3.8, 4) is 11.1 Å². The molecule has 2 aliphatic rings. The third-order valence-electron chi connectivity index (χ3n) is 7.93. The quantitative estimate of drug-likeness (QED) is 0.445. The molecule has 0 bridgehead atoms. The zero-order chi connectivity index (χ0) is 27.5. The second kappa shape index (κ2) is 11.7. The van der Waals surface area contributed by atoms with E-state index in [0.717, 1.165) is 91.2 Å². The highest BCUT2D eigenvalue weighted by atomic mass is 16.5. The predicted molar refractivity (Wildman–Crippen MR) is 155 cm³/mol. The number of rotatable bonds is 7. The summed E-state index contributed by atoms with van der Waals surface area (Å²) in [6.45, 7) is 10.9. The van der Waals surface area contributed by atoms with Crippen LogP contribution in [0.5, 0.6) is 0 Å². The van der Waals surface area contributed by atoms with Crippen molar-refractivity contribution < 1.29 is 9.53 Å². The van der Waals surface area contributed by atoms with Crippen LogP contribution in [0.3, 0.4) is 0 Å². The Labute approximate surface area is 231 Å². The van der Waals surface area contributed by atoms with E-state index in [9.17, 15) is 9.59 Å². The molecular formula is C32H40N4O3. The number of carbonyl (C=O) groups excluding carboxylic acids is 1. The molecule has 206 valence electrons. The van der Waals surface area contributed by atoms with E-state index in [1.165, 1.54) is 0 Å². The Bertz CT molecular complexity index is 1390. The summed E-state index contributed by atoms with van der Waals surface area (Å²) >= 11 is 0. The highest BCUT2D eigenvalue weighted by Crippen LogP contribution is 2.37. The zero-order valence-corrected chi connectivity index (χ0v) is 23.6. The lowest BCUT2D eigenvalue weighted by Crippen LogP contribution is -2.43. The van der Waals surface area contributed by atoms with Gasteiger partial charge in [0.05, 0.1) is 0 Å². The van der Waals surface area contributed by atoms with Gasteiger partial charge in [0, 0.05) is 72.3 Å². The summed E-state index contributed by atoms with van der Waals surface area (Å²) in [6, 6.07) is 10.8. The van der Waals surface area contributed by atoms with Crippen molar-refractivity contribution in [1.29, 1.82) is 0 Å². The molecule has 0 spiro atoms. The van der Waals surface area contributed by atoms with E-state index in [1.807, 2.05) is 32.2 Å². The first kappa shape index (κ1) is 27.1. The number of ether oxygens (including phenoxy) is 1. The Hall–Kier alpha value is -3.45. The number of nitrogens with zero attached hydrogens (tertiary/aromatic N) is 2. The highest BCUT2D eigenvalue weighted by molar-refractivity contribution is 5.99. The summed E-state index contributed by atoms with van der Waals surface area (Å²) in [4.78, 5) is 36.4. The molecule has 4 heterocycles. The van der Waals surface area contributed by atoms with Crippen LogP contribution in [-0.4, -0.2) is 41.7 Å². The molecule has 7 heteroatoms. The monoisotopic (exact) mass is 528 g/mol. The van der Waals surface area contributed by atoms with E-state index < -0.39 is 0 Å². The van der Waals surface area contributed by atoms with Gasteiger partial charge in [0.15, 0.2) is 0 Å². The third kappa shape index (κ3) is 6.09. The van der Waals surface area contributed by atoms with Gasteiger partial charge in [0.25, 0.3) is 11.5 Å². The number of hydrogen-bond donors (Lipinski definition) is 2. The van der Waals surface area contributed by atoms with Gasteiger partial charge in [0.1, 0.15) is 0 Å². The van der Waals surface area contributed by atoms with E-state index in [2.05, 4.69) is 47.2 Å². The minimum absolute atomic E-state index is 0.148. The van der Waals surface area contributed by atoms with Gasteiger partial charge >= 0.3 is 0 Å². The largest absolute Gasteiger partial charge is 0.381 e. The molecule has 39 heavy (non-hydrogen) atoms. The zero-order valence-electron chi connectivity index (χ0n) is 23.6. The Morgan fingerprint density at radius 1 is 1.15 bits per heavy atom. The maximum Gasteiger partial charge on any atom is 0.253 e. The summed E-state index contributed by atoms with van der Waals surface area (Å²) in [7, 11) is 0. The van der Waals surface area contributed by atoms with E-state index in [0.29, 0.717) is 23.1 Å². The van der Waals surface area contributed by atoms with Gasteiger partial charge in [0.2, 0.25) is 0 Å². The van der Waals surface area contributed by atoms with Crippen molar-refractivity contribution in [2.75, 3.05) is 24.7 Å². The van der Waals surface area contributed by atoms with Crippen LogP contribution in [0.2, 0.25) is 0 Å². The minimum Gasteiger partial charge on any atom is -0.381 e. The molecule has 0 radical (unpaired) electrons. The van der Waals surface area contributed by atoms with E-state index in [1.54, 1.807) is 0 Å². The number of benzene rings is 1. The van der Waals surface area contributed by atoms with Gasteiger partial charge in [-0.25, -0.2) is 0 Å². The number of fused-ring (bicyclic) bond motifs is 1. The molecule has 0 unspecified atom stereocenters. The summed E-state index contributed by atoms with van der Waals surface area (Å²) < 4.78 is 5.65. The first-order valence-electron chi connectivity index (χ1n) is 14.2. The molecule has 3 aromatic rings. The lowest BCUT2D eigenvalue weighted by molar-refractivity contribution is 0.0840. The first-order chi connectivity index (χ1) is 18.8. The van der Waals surface area contributed by atoms with Crippen LogP contribution in [0.4, 0.5) is 5.69 Å². The smallest absolute Gasteiger partial charge is 0.253 e. The van der Waals surface area contributed by atoms with E-state index >= 15 is 0 Å². The van der Waals surface area contributed by atoms with Crippen LogP contribution >= 0.6 is 0 Å². The number of aryl methyl sites for hydroxylation is 2. The molecule has 1 fully saturated rings. The van der Waals surface area contributed by atoms with Crippen LogP contribution in [0.1, 0.15) is 71.5 Å². The highest BCUT2D eigenvalue weighted by Gasteiger charge is 2.29. The number of H-pyrrole nitrogens is 1. The summed E-state index contributed by atoms with van der Waals surface area (Å²) in [6.07, 6.45) is 6.71. The lowest BCUT2D eigenvalue weighted by atomic mass is 9.90. The summed E-state index contributed by atoms with van der Waals surface area (Å²) in [5.74, 6) is 0.394. The molecule has 1 amide bonds. The van der Waals surface area contributed by atoms with Crippen LogP contribution in [-0.2, 0) is 24.1 Å². The Morgan fingerprint density at radius 3 is 2.64 bits per heavy atom. The predicted octanol–water partition coefficient (Wildman–Crippen LogP) is 5.11. The van der Waals surface area contributed by atoms with Gasteiger partial charge in [-0.15, -0.1) is 0 Å². The normalized spacial score (nSPS) is 15.9. The first-order valence-corrected chi connectivity index (χ1v) is 14.2. The average molecular weight is 529 g/mol. The molecule has 5 rings (SSSR count). The standard InChI is InChI=1S/C32H40N4O3/c1-20(2)14-25-8-7-23(18-33-25)24-16-28(31(37)34-19-29-21(3)15-22(4)35-32(29)38)27-6-5-11-36(30(27)17-24)26-9-12-39-13-10-26/h7-8,15-18,20,26H,5-6,9-14,19H2,1-4H3,(H,34,37)(H,35,38). The lowest BCUT2D eigenvalue weighted by Gasteiger charge is -2.40. The van der Waals surface area contributed by atoms with Crippen molar-refractivity contribution in [2.45, 2.75) is 72.4 Å². The molecule has 1 aromatic carbocycles. The molecule has 2 aliphatic heterocycles. The number of carbonyl (C=O) groups is 1. The number of aromatic amines is 1. The summed E-state index contributed by atoms with van der Waals surface area (Å²) in [5.41, 5.74) is 8.13. The van der Waals surface area contributed by atoms with Crippen LogP contribution in [0.15, 0.2) is 41.3 Å². The number of anilines is 1. The molecule has 0 aliphatic carbocycles. The van der Waals surface area contributed by atoms with Crippen molar-refractivity contribution in [1.82, 2.24) is 15.3 Å². The molecule has 2 N–H and O–H groups in total. The SMILES string of the molecule is Cc1cc(C)c(CNC(=O)c2cc(-c3ccc(CC(C)C)nc3)cc3c2CCCN3C2CCOCC2)c(=O)[nH]1. The van der Waals surface area contributed by atoms with Crippen molar-refractivity contribution >= 4 is 11.6 Å². The van der Waals surface area contributed by atoms with Crippen molar-refractivity contribution in [2.24, 2.45) is 5.92 Å². The van der Waals surface area contributed by atoms with Gasteiger partial charge in [-0.3, -0.25) is 14.6 Å². The number of aromatic nitrogens is 2. The van der Waals surface area contributed by atoms with E-state index in [4.69, 9.17) is 9.72 Å². The van der Waals surface area contributed by atoms with Gasteiger partial charge in [-0.2, -0.15) is 0 Å². The molecule has 0 saturated carbocycles. The number of hydrogen-bond acceptors (Lipinski definition) is 5. The molecule has 0 atom stereocenters. The second-order valence-corrected chi connectivity index (χ2v) is 11.4.